The number of aryl methyl sites for hydroxylation is 1. The van der Waals surface area contributed by atoms with Crippen LogP contribution >= 0.6 is 0 Å². The van der Waals surface area contributed by atoms with Crippen LogP contribution in [0.3, 0.4) is 0 Å². The number of hydrogen-bond acceptors (Lipinski definition) is 3. The number of morpholine rings is 1. The smallest absolute Gasteiger partial charge is 0.122 e. The molecule has 0 saturated carbocycles. The molecule has 0 aromatic heterocycles. The zero-order valence-electron chi connectivity index (χ0n) is 12.5. The van der Waals surface area contributed by atoms with Crippen LogP contribution in [0, 0.1) is 6.92 Å². The molecule has 1 heterocycles. The lowest BCUT2D eigenvalue weighted by Crippen LogP contribution is -2.39. The van der Waals surface area contributed by atoms with Gasteiger partial charge in [0.05, 0.1) is 19.8 Å². The second kappa shape index (κ2) is 6.40. The van der Waals surface area contributed by atoms with Crippen molar-refractivity contribution in [2.24, 2.45) is 0 Å². The van der Waals surface area contributed by atoms with Crippen molar-refractivity contribution in [1.29, 1.82) is 0 Å². The number of hydrogen-bond donors (Lipinski definition) is 1. The third-order valence-electron chi connectivity index (χ3n) is 3.76. The summed E-state index contributed by atoms with van der Waals surface area (Å²) in [6.07, 6.45) is 1.27. The van der Waals surface area contributed by atoms with Crippen LogP contribution in [-0.2, 0) is 11.2 Å². The molecule has 1 aromatic carbocycles. The van der Waals surface area contributed by atoms with Gasteiger partial charge in [0.15, 0.2) is 0 Å². The van der Waals surface area contributed by atoms with E-state index in [9.17, 15) is 0 Å². The molecule has 1 fully saturated rings. The summed E-state index contributed by atoms with van der Waals surface area (Å²) >= 11 is 0. The van der Waals surface area contributed by atoms with Crippen LogP contribution in [0.2, 0.25) is 0 Å². The van der Waals surface area contributed by atoms with Gasteiger partial charge in [0.1, 0.15) is 5.75 Å². The highest BCUT2D eigenvalue weighted by molar-refractivity contribution is 5.44. The molecule has 0 spiro atoms. The Balaban J connectivity index is 2.21. The Labute approximate surface area is 116 Å². The van der Waals surface area contributed by atoms with Gasteiger partial charge < -0.3 is 14.8 Å². The Morgan fingerprint density at radius 2 is 2.21 bits per heavy atom. The summed E-state index contributed by atoms with van der Waals surface area (Å²) in [7, 11) is 1.74. The summed E-state index contributed by atoms with van der Waals surface area (Å²) in [6.45, 7) is 9.29. The molecule has 1 aromatic rings. The van der Waals surface area contributed by atoms with Crippen LogP contribution in [0.1, 0.15) is 36.5 Å². The molecule has 1 aliphatic heterocycles. The van der Waals surface area contributed by atoms with E-state index in [1.807, 2.05) is 0 Å². The van der Waals surface area contributed by atoms with E-state index in [0.29, 0.717) is 12.0 Å². The molecule has 19 heavy (non-hydrogen) atoms. The molecule has 1 aliphatic rings. The number of benzene rings is 1. The molecule has 0 aliphatic carbocycles. The van der Waals surface area contributed by atoms with Crippen LogP contribution in [0.25, 0.3) is 0 Å². The molecule has 1 atom stereocenters. The van der Waals surface area contributed by atoms with Crippen molar-refractivity contribution in [3.05, 3.63) is 28.8 Å². The van der Waals surface area contributed by atoms with Gasteiger partial charge >= 0.3 is 0 Å². The molecule has 0 radical (unpaired) electrons. The number of ether oxygens (including phenoxy) is 2. The van der Waals surface area contributed by atoms with Gasteiger partial charge in [-0.3, -0.25) is 0 Å². The van der Waals surface area contributed by atoms with E-state index < -0.39 is 0 Å². The fourth-order valence-corrected chi connectivity index (χ4v) is 2.59. The van der Waals surface area contributed by atoms with Gasteiger partial charge in [-0.1, -0.05) is 19.9 Å². The first-order chi connectivity index (χ1) is 9.11. The molecule has 3 heteroatoms. The molecule has 0 amide bonds. The average molecular weight is 263 g/mol. The first-order valence-electron chi connectivity index (χ1n) is 7.11. The van der Waals surface area contributed by atoms with Crippen LogP contribution in [0.4, 0.5) is 0 Å². The zero-order valence-corrected chi connectivity index (χ0v) is 12.5. The summed E-state index contributed by atoms with van der Waals surface area (Å²) < 4.78 is 11.3. The zero-order chi connectivity index (χ0) is 13.8. The van der Waals surface area contributed by atoms with Crippen LogP contribution in [0.5, 0.6) is 5.75 Å². The third kappa shape index (κ3) is 3.48. The topological polar surface area (TPSA) is 30.5 Å². The van der Waals surface area contributed by atoms with E-state index in [0.717, 1.165) is 31.9 Å². The minimum Gasteiger partial charge on any atom is -0.496 e. The van der Waals surface area contributed by atoms with Gasteiger partial charge in [0.25, 0.3) is 0 Å². The van der Waals surface area contributed by atoms with E-state index in [1.165, 1.54) is 16.7 Å². The number of methoxy groups -OCH3 is 1. The third-order valence-corrected chi connectivity index (χ3v) is 3.76. The van der Waals surface area contributed by atoms with E-state index in [2.05, 4.69) is 38.2 Å². The summed E-state index contributed by atoms with van der Waals surface area (Å²) in [4.78, 5) is 0. The average Bonchev–Trinajstić information content (AvgIpc) is 2.41. The van der Waals surface area contributed by atoms with Crippen molar-refractivity contribution in [3.8, 4) is 5.75 Å². The maximum absolute atomic E-state index is 5.80. The monoisotopic (exact) mass is 263 g/mol. The maximum Gasteiger partial charge on any atom is 0.122 e. The maximum atomic E-state index is 5.80. The normalized spacial score (nSPS) is 19.7. The minimum absolute atomic E-state index is 0.292. The van der Waals surface area contributed by atoms with Crippen LogP contribution in [0.15, 0.2) is 12.1 Å². The highest BCUT2D eigenvalue weighted by Gasteiger charge is 2.17. The van der Waals surface area contributed by atoms with Gasteiger partial charge in [-0.15, -0.1) is 0 Å². The van der Waals surface area contributed by atoms with E-state index in [4.69, 9.17) is 9.47 Å². The molecule has 106 valence electrons. The highest BCUT2D eigenvalue weighted by Crippen LogP contribution is 2.30. The van der Waals surface area contributed by atoms with E-state index >= 15 is 0 Å². The minimum atomic E-state index is 0.292. The molecular weight excluding hydrogens is 238 g/mol. The highest BCUT2D eigenvalue weighted by atomic mass is 16.5. The first kappa shape index (κ1) is 14.4. The Kier molecular flexibility index (Phi) is 4.83. The standard InChI is InChI=1S/C16H25NO2/c1-11(2)15-9-13(12(3)7-16(15)18-4)8-14-10-17-5-6-19-14/h7,9,11,14,17H,5-6,8,10H2,1-4H3. The summed E-state index contributed by atoms with van der Waals surface area (Å²) in [5.41, 5.74) is 3.94. The lowest BCUT2D eigenvalue weighted by molar-refractivity contribution is 0.0291. The molecule has 2 rings (SSSR count). The van der Waals surface area contributed by atoms with Gasteiger partial charge in [-0.2, -0.15) is 0 Å². The second-order valence-corrected chi connectivity index (χ2v) is 5.58. The predicted molar refractivity (Wildman–Crippen MR) is 78.1 cm³/mol. The molecule has 1 unspecified atom stereocenters. The number of rotatable bonds is 4. The Hall–Kier alpha value is -1.06. The van der Waals surface area contributed by atoms with Crippen molar-refractivity contribution < 1.29 is 9.47 Å². The molecule has 3 nitrogen and oxygen atoms in total. The van der Waals surface area contributed by atoms with Crippen molar-refractivity contribution in [2.75, 3.05) is 26.8 Å². The Morgan fingerprint density at radius 1 is 1.42 bits per heavy atom. The summed E-state index contributed by atoms with van der Waals surface area (Å²) in [5, 5.41) is 3.38. The lowest BCUT2D eigenvalue weighted by atomic mass is 9.93. The van der Waals surface area contributed by atoms with Crippen molar-refractivity contribution in [1.82, 2.24) is 5.32 Å². The predicted octanol–water partition coefficient (Wildman–Crippen LogP) is 2.66. The Bertz CT molecular complexity index is 423. The van der Waals surface area contributed by atoms with Gasteiger partial charge in [0.2, 0.25) is 0 Å². The molecule has 0 bridgehead atoms. The fraction of sp³-hybridized carbons (Fsp3) is 0.625. The first-order valence-corrected chi connectivity index (χ1v) is 7.11. The van der Waals surface area contributed by atoms with Gasteiger partial charge in [-0.25, -0.2) is 0 Å². The SMILES string of the molecule is COc1cc(C)c(CC2CNCCO2)cc1C(C)C. The van der Waals surface area contributed by atoms with Crippen molar-refractivity contribution in [3.63, 3.8) is 0 Å². The molecular formula is C16H25NO2. The van der Waals surface area contributed by atoms with Crippen molar-refractivity contribution in [2.45, 2.75) is 39.2 Å². The van der Waals surface area contributed by atoms with Gasteiger partial charge in [-0.05, 0) is 35.6 Å². The Morgan fingerprint density at radius 3 is 2.79 bits per heavy atom. The van der Waals surface area contributed by atoms with Crippen LogP contribution < -0.4 is 10.1 Å². The van der Waals surface area contributed by atoms with E-state index in [1.54, 1.807) is 7.11 Å². The van der Waals surface area contributed by atoms with Gasteiger partial charge in [0, 0.05) is 19.5 Å². The largest absolute Gasteiger partial charge is 0.496 e. The number of nitrogens with one attached hydrogen (secondary N) is 1. The quantitative estimate of drug-likeness (QED) is 0.906. The van der Waals surface area contributed by atoms with E-state index in [-0.39, 0.29) is 0 Å². The lowest BCUT2D eigenvalue weighted by Gasteiger charge is -2.25. The summed E-state index contributed by atoms with van der Waals surface area (Å²) in [6, 6.07) is 4.44. The summed E-state index contributed by atoms with van der Waals surface area (Å²) in [5.74, 6) is 1.47. The molecule has 1 saturated heterocycles. The molecule has 1 N–H and O–H groups in total. The second-order valence-electron chi connectivity index (χ2n) is 5.58. The fourth-order valence-electron chi connectivity index (χ4n) is 2.59. The van der Waals surface area contributed by atoms with Crippen LogP contribution in [-0.4, -0.2) is 32.9 Å². The van der Waals surface area contributed by atoms with Crippen molar-refractivity contribution >= 4 is 0 Å².